The van der Waals surface area contributed by atoms with Gasteiger partial charge in [0.1, 0.15) is 0 Å². The van der Waals surface area contributed by atoms with Crippen LogP contribution in [0.1, 0.15) is 34.6 Å². The highest BCUT2D eigenvalue weighted by atomic mass is 16.1. The van der Waals surface area contributed by atoms with Gasteiger partial charge >= 0.3 is 0 Å². The number of rotatable bonds is 6. The van der Waals surface area contributed by atoms with Crippen molar-refractivity contribution in [1.82, 2.24) is 5.32 Å². The van der Waals surface area contributed by atoms with Crippen LogP contribution in [-0.2, 0) is 4.79 Å². The van der Waals surface area contributed by atoms with Crippen LogP contribution in [0.15, 0.2) is 12.7 Å². The van der Waals surface area contributed by atoms with Gasteiger partial charge in [0, 0.05) is 13.8 Å². The average Bonchev–Trinajstić information content (AvgIpc) is 2.20. The number of hydrogen-bond acceptors (Lipinski definition) is 1. The monoisotopic (exact) mass is 213 g/mol. The molecule has 1 N–H and O–H groups in total. The predicted octanol–water partition coefficient (Wildman–Crippen LogP) is 1.90. The molecule has 0 fully saturated rings. The molecule has 3 heteroatoms. The first-order valence-electron chi connectivity index (χ1n) is 5.69. The molecule has 0 aromatic rings. The molecule has 0 aromatic carbocycles. The molecule has 88 valence electrons. The molecule has 1 amide bonds. The maximum absolute atomic E-state index is 11.4. The fourth-order valence-corrected chi connectivity index (χ4v) is 2.33. The highest BCUT2D eigenvalue weighted by Gasteiger charge is 2.40. The third-order valence-electron chi connectivity index (χ3n) is 3.62. The Labute approximate surface area is 93.7 Å². The van der Waals surface area contributed by atoms with Crippen molar-refractivity contribution in [2.75, 3.05) is 19.6 Å². The minimum atomic E-state index is -0.247. The van der Waals surface area contributed by atoms with Crippen molar-refractivity contribution >= 4 is 5.91 Å². The molecular weight excluding hydrogens is 188 g/mol. The van der Waals surface area contributed by atoms with Crippen LogP contribution in [-0.4, -0.2) is 35.7 Å². The Morgan fingerprint density at radius 2 is 1.67 bits per heavy atom. The molecule has 0 aliphatic rings. The van der Waals surface area contributed by atoms with Crippen molar-refractivity contribution in [2.45, 2.75) is 40.3 Å². The molecule has 0 heterocycles. The van der Waals surface area contributed by atoms with Crippen molar-refractivity contribution < 1.29 is 9.28 Å². The number of nitrogens with zero attached hydrogens (tertiary/aromatic N) is 1. The van der Waals surface area contributed by atoms with E-state index in [4.69, 9.17) is 0 Å². The van der Waals surface area contributed by atoms with E-state index in [9.17, 15) is 4.79 Å². The van der Waals surface area contributed by atoms with E-state index in [1.54, 1.807) is 0 Å². The fourth-order valence-electron chi connectivity index (χ4n) is 2.33. The Morgan fingerprint density at radius 1 is 1.27 bits per heavy atom. The minimum absolute atomic E-state index is 0.0992. The zero-order valence-electron chi connectivity index (χ0n) is 10.8. The molecule has 0 saturated heterocycles. The summed E-state index contributed by atoms with van der Waals surface area (Å²) in [5, 5.41) is 3.01. The summed E-state index contributed by atoms with van der Waals surface area (Å²) in [6.45, 7) is 17.2. The van der Waals surface area contributed by atoms with E-state index >= 15 is 0 Å². The molecule has 0 radical (unpaired) electrons. The number of carbonyl (C=O) groups is 1. The number of nitrogens with one attached hydrogen (secondary N) is 1. The van der Waals surface area contributed by atoms with E-state index in [0.29, 0.717) is 0 Å². The zero-order valence-corrected chi connectivity index (χ0v) is 10.8. The Bertz CT molecular complexity index is 222. The lowest BCUT2D eigenvalue weighted by atomic mass is 10.1. The molecule has 15 heavy (non-hydrogen) atoms. The third-order valence-corrected chi connectivity index (χ3v) is 3.62. The van der Waals surface area contributed by atoms with Crippen molar-refractivity contribution in [3.05, 3.63) is 12.7 Å². The molecule has 3 nitrogen and oxygen atoms in total. The van der Waals surface area contributed by atoms with Crippen LogP contribution in [0, 0.1) is 0 Å². The number of amides is 1. The molecule has 0 bridgehead atoms. The van der Waals surface area contributed by atoms with Gasteiger partial charge in [0.05, 0.1) is 19.6 Å². The second-order valence-corrected chi connectivity index (χ2v) is 4.35. The SMILES string of the molecule is C=CC(=O)NC(C)(C)[N+](CC)(CC)CC. The Kier molecular flexibility index (Phi) is 5.01. The van der Waals surface area contributed by atoms with Crippen LogP contribution in [0.4, 0.5) is 0 Å². The summed E-state index contributed by atoms with van der Waals surface area (Å²) in [4.78, 5) is 11.4. The lowest BCUT2D eigenvalue weighted by Gasteiger charge is -2.48. The largest absolute Gasteiger partial charge is 0.303 e. The van der Waals surface area contributed by atoms with Crippen LogP contribution in [0.25, 0.3) is 0 Å². The van der Waals surface area contributed by atoms with Gasteiger partial charge in [-0.3, -0.25) is 4.79 Å². The average molecular weight is 213 g/mol. The highest BCUT2D eigenvalue weighted by molar-refractivity contribution is 5.87. The number of carbonyl (C=O) groups excluding carboxylic acids is 1. The van der Waals surface area contributed by atoms with Gasteiger partial charge < -0.3 is 9.80 Å². The maximum Gasteiger partial charge on any atom is 0.248 e. The first-order chi connectivity index (χ1) is 6.89. The predicted molar refractivity (Wildman–Crippen MR) is 64.3 cm³/mol. The third kappa shape index (κ3) is 2.81. The molecule has 0 aliphatic carbocycles. The Hall–Kier alpha value is -0.830. The van der Waals surface area contributed by atoms with E-state index in [2.05, 4.69) is 46.5 Å². The molecule has 0 rings (SSSR count). The van der Waals surface area contributed by atoms with Gasteiger partial charge in [-0.25, -0.2) is 0 Å². The summed E-state index contributed by atoms with van der Waals surface area (Å²) >= 11 is 0. The summed E-state index contributed by atoms with van der Waals surface area (Å²) in [6.07, 6.45) is 1.33. The van der Waals surface area contributed by atoms with Crippen molar-refractivity contribution in [2.24, 2.45) is 0 Å². The van der Waals surface area contributed by atoms with Gasteiger partial charge in [0.2, 0.25) is 5.91 Å². The first kappa shape index (κ1) is 14.2. The van der Waals surface area contributed by atoms with Crippen molar-refractivity contribution in [3.8, 4) is 0 Å². The van der Waals surface area contributed by atoms with Gasteiger partial charge in [-0.05, 0) is 26.8 Å². The highest BCUT2D eigenvalue weighted by Crippen LogP contribution is 2.21. The van der Waals surface area contributed by atoms with Gasteiger partial charge in [-0.1, -0.05) is 6.58 Å². The summed E-state index contributed by atoms with van der Waals surface area (Å²) in [5.74, 6) is -0.0992. The Morgan fingerprint density at radius 3 is 1.93 bits per heavy atom. The van der Waals surface area contributed by atoms with Crippen LogP contribution >= 0.6 is 0 Å². The lowest BCUT2D eigenvalue weighted by molar-refractivity contribution is -0.970. The van der Waals surface area contributed by atoms with Crippen molar-refractivity contribution in [3.63, 3.8) is 0 Å². The zero-order chi connectivity index (χ0) is 12.1. The van der Waals surface area contributed by atoms with Crippen LogP contribution in [0.3, 0.4) is 0 Å². The lowest BCUT2D eigenvalue weighted by Crippen LogP contribution is -2.68. The normalized spacial score (nSPS) is 12.3. The van der Waals surface area contributed by atoms with Crippen molar-refractivity contribution in [1.29, 1.82) is 0 Å². The van der Waals surface area contributed by atoms with E-state index in [-0.39, 0.29) is 11.6 Å². The molecule has 0 spiro atoms. The maximum atomic E-state index is 11.4. The molecule has 0 aromatic heterocycles. The molecule has 0 atom stereocenters. The number of quaternary nitrogens is 1. The quantitative estimate of drug-likeness (QED) is 0.407. The molecule has 0 saturated carbocycles. The molecule has 0 aliphatic heterocycles. The summed E-state index contributed by atoms with van der Waals surface area (Å²) < 4.78 is 0.882. The number of hydrogen-bond donors (Lipinski definition) is 1. The fraction of sp³-hybridized carbons (Fsp3) is 0.750. The second kappa shape index (κ2) is 5.31. The summed E-state index contributed by atoms with van der Waals surface area (Å²) in [6, 6.07) is 0. The van der Waals surface area contributed by atoms with Gasteiger partial charge in [-0.15, -0.1) is 0 Å². The Balaban J connectivity index is 4.93. The first-order valence-corrected chi connectivity index (χ1v) is 5.69. The second-order valence-electron chi connectivity index (χ2n) is 4.35. The van der Waals surface area contributed by atoms with Crippen LogP contribution < -0.4 is 5.32 Å². The van der Waals surface area contributed by atoms with Crippen LogP contribution in [0.2, 0.25) is 0 Å². The summed E-state index contributed by atoms with van der Waals surface area (Å²) in [7, 11) is 0. The van der Waals surface area contributed by atoms with Gasteiger partial charge in [-0.2, -0.15) is 0 Å². The minimum Gasteiger partial charge on any atom is -0.303 e. The smallest absolute Gasteiger partial charge is 0.248 e. The van der Waals surface area contributed by atoms with E-state index < -0.39 is 0 Å². The summed E-state index contributed by atoms with van der Waals surface area (Å²) in [5.41, 5.74) is -0.247. The standard InChI is InChI=1S/C12H24N2O/c1-7-11(15)13-12(5,6)14(8-2,9-3)10-4/h7H,1,8-10H2,2-6H3/p+1. The van der Waals surface area contributed by atoms with E-state index in [0.717, 1.165) is 24.1 Å². The van der Waals surface area contributed by atoms with Gasteiger partial charge in [0.15, 0.2) is 5.66 Å². The topological polar surface area (TPSA) is 29.1 Å². The van der Waals surface area contributed by atoms with Gasteiger partial charge in [0.25, 0.3) is 0 Å². The van der Waals surface area contributed by atoms with Crippen LogP contribution in [0.5, 0.6) is 0 Å². The van der Waals surface area contributed by atoms with E-state index in [1.807, 2.05) is 0 Å². The molecule has 0 unspecified atom stereocenters. The molecular formula is C12H25N2O+. The van der Waals surface area contributed by atoms with E-state index in [1.165, 1.54) is 6.08 Å².